The molecule has 0 saturated carbocycles. The second-order valence-corrected chi connectivity index (χ2v) is 6.34. The molecule has 0 aliphatic carbocycles. The largest absolute Gasteiger partial charge is 0.481 e. The lowest BCUT2D eigenvalue weighted by atomic mass is 10.0. The highest BCUT2D eigenvalue weighted by atomic mass is 16.4. The first kappa shape index (κ1) is 18.5. The van der Waals surface area contributed by atoms with E-state index in [9.17, 15) is 14.7 Å². The van der Waals surface area contributed by atoms with Crippen molar-refractivity contribution in [1.82, 2.24) is 25.3 Å². The Labute approximate surface area is 156 Å². The molecule has 0 fully saturated rings. The quantitative estimate of drug-likeness (QED) is 0.663. The monoisotopic (exact) mass is 367 g/mol. The minimum atomic E-state index is -0.915. The Bertz CT molecular complexity index is 977. The van der Waals surface area contributed by atoms with Crippen molar-refractivity contribution in [2.45, 2.75) is 26.7 Å². The van der Waals surface area contributed by atoms with E-state index >= 15 is 0 Å². The van der Waals surface area contributed by atoms with Crippen molar-refractivity contribution in [1.29, 1.82) is 0 Å². The third-order valence-electron chi connectivity index (χ3n) is 4.49. The molecule has 3 rings (SSSR count). The van der Waals surface area contributed by atoms with Crippen LogP contribution in [-0.2, 0) is 4.79 Å². The van der Waals surface area contributed by atoms with E-state index in [0.29, 0.717) is 12.1 Å². The molecule has 140 valence electrons. The van der Waals surface area contributed by atoms with E-state index in [-0.39, 0.29) is 12.2 Å². The van der Waals surface area contributed by atoms with Crippen molar-refractivity contribution >= 4 is 22.6 Å². The molecule has 0 spiro atoms. The van der Waals surface area contributed by atoms with Crippen molar-refractivity contribution in [3.8, 4) is 5.69 Å². The third-order valence-corrected chi connectivity index (χ3v) is 4.49. The Kier molecular flexibility index (Phi) is 5.44. The SMILES string of the molecule is CCCC(CNC(=O)c1nnn(-c2cccc3cnccc23)c1C)C(=O)O. The first-order valence-electron chi connectivity index (χ1n) is 8.79. The van der Waals surface area contributed by atoms with E-state index in [2.05, 4.69) is 20.6 Å². The Hall–Kier alpha value is -3.29. The van der Waals surface area contributed by atoms with Crippen LogP contribution in [0.3, 0.4) is 0 Å². The van der Waals surface area contributed by atoms with Gasteiger partial charge in [0.2, 0.25) is 0 Å². The summed E-state index contributed by atoms with van der Waals surface area (Å²) in [6.45, 7) is 3.73. The van der Waals surface area contributed by atoms with Gasteiger partial charge in [0.15, 0.2) is 5.69 Å². The molecule has 27 heavy (non-hydrogen) atoms. The zero-order valence-electron chi connectivity index (χ0n) is 15.2. The van der Waals surface area contributed by atoms with Crippen molar-refractivity contribution in [3.63, 3.8) is 0 Å². The molecule has 0 radical (unpaired) electrons. The Balaban J connectivity index is 1.85. The first-order chi connectivity index (χ1) is 13.0. The minimum Gasteiger partial charge on any atom is -0.481 e. The molecule has 0 aliphatic rings. The number of carboxylic acids is 1. The molecular weight excluding hydrogens is 346 g/mol. The molecule has 1 aromatic carbocycles. The molecule has 8 nitrogen and oxygen atoms in total. The average Bonchev–Trinajstić information content (AvgIpc) is 3.05. The number of carboxylic acid groups (broad SMARTS) is 1. The Morgan fingerprint density at radius 2 is 2.11 bits per heavy atom. The van der Waals surface area contributed by atoms with Crippen molar-refractivity contribution in [3.05, 3.63) is 48.0 Å². The molecule has 1 unspecified atom stereocenters. The molecule has 3 aromatic rings. The van der Waals surface area contributed by atoms with Crippen LogP contribution in [-0.4, -0.2) is 43.5 Å². The number of rotatable bonds is 7. The molecule has 0 saturated heterocycles. The van der Waals surface area contributed by atoms with Gasteiger partial charge in [-0.3, -0.25) is 14.6 Å². The predicted molar refractivity (Wildman–Crippen MR) is 99.8 cm³/mol. The topological polar surface area (TPSA) is 110 Å². The minimum absolute atomic E-state index is 0.0637. The lowest BCUT2D eigenvalue weighted by molar-refractivity contribution is -0.141. The van der Waals surface area contributed by atoms with E-state index in [1.165, 1.54) is 0 Å². The maximum absolute atomic E-state index is 12.5. The maximum atomic E-state index is 12.5. The number of pyridine rings is 1. The highest BCUT2D eigenvalue weighted by molar-refractivity contribution is 5.94. The van der Waals surface area contributed by atoms with Crippen molar-refractivity contribution in [2.24, 2.45) is 5.92 Å². The maximum Gasteiger partial charge on any atom is 0.308 e. The second-order valence-electron chi connectivity index (χ2n) is 6.34. The van der Waals surface area contributed by atoms with E-state index in [4.69, 9.17) is 0 Å². The number of fused-ring (bicyclic) bond motifs is 1. The van der Waals surface area contributed by atoms with Gasteiger partial charge in [0.05, 0.1) is 17.3 Å². The van der Waals surface area contributed by atoms with Crippen LogP contribution in [0.4, 0.5) is 0 Å². The Morgan fingerprint density at radius 1 is 1.30 bits per heavy atom. The van der Waals surface area contributed by atoms with Gasteiger partial charge in [-0.05, 0) is 25.5 Å². The lowest BCUT2D eigenvalue weighted by Gasteiger charge is -2.12. The summed E-state index contributed by atoms with van der Waals surface area (Å²) < 4.78 is 1.61. The lowest BCUT2D eigenvalue weighted by Crippen LogP contribution is -2.33. The number of nitrogens with zero attached hydrogens (tertiary/aromatic N) is 4. The van der Waals surface area contributed by atoms with Crippen LogP contribution in [0.15, 0.2) is 36.7 Å². The fourth-order valence-electron chi connectivity index (χ4n) is 3.02. The van der Waals surface area contributed by atoms with Gasteiger partial charge in [-0.1, -0.05) is 30.7 Å². The molecule has 8 heteroatoms. The van der Waals surface area contributed by atoms with E-state index in [0.717, 1.165) is 22.9 Å². The van der Waals surface area contributed by atoms with E-state index in [1.54, 1.807) is 24.0 Å². The summed E-state index contributed by atoms with van der Waals surface area (Å²) in [5.41, 5.74) is 1.56. The van der Waals surface area contributed by atoms with Gasteiger partial charge in [-0.25, -0.2) is 4.68 Å². The van der Waals surface area contributed by atoms with Gasteiger partial charge in [0.1, 0.15) is 0 Å². The number of benzene rings is 1. The standard InChI is InChI=1S/C19H21N5O3/c1-3-5-14(19(26)27)11-21-18(25)17-12(2)24(23-22-17)16-7-4-6-13-10-20-9-8-15(13)16/h4,6-10,14H,3,5,11H2,1-2H3,(H,21,25)(H,26,27). The highest BCUT2D eigenvalue weighted by Gasteiger charge is 2.21. The molecule has 2 aromatic heterocycles. The summed E-state index contributed by atoms with van der Waals surface area (Å²) >= 11 is 0. The number of aliphatic carboxylic acids is 1. The number of hydrogen-bond donors (Lipinski definition) is 2. The normalized spacial score (nSPS) is 12.1. The Morgan fingerprint density at radius 3 is 2.85 bits per heavy atom. The number of amides is 1. The fourth-order valence-corrected chi connectivity index (χ4v) is 3.02. The molecule has 2 N–H and O–H groups in total. The molecular formula is C19H21N5O3. The summed E-state index contributed by atoms with van der Waals surface area (Å²) in [5, 5.41) is 21.9. The highest BCUT2D eigenvalue weighted by Crippen LogP contribution is 2.22. The van der Waals surface area contributed by atoms with Gasteiger partial charge in [-0.15, -0.1) is 5.10 Å². The predicted octanol–water partition coefficient (Wildman–Crippen LogP) is 2.35. The van der Waals surface area contributed by atoms with E-state index in [1.807, 2.05) is 31.2 Å². The van der Waals surface area contributed by atoms with E-state index < -0.39 is 17.8 Å². The van der Waals surface area contributed by atoms with Crippen LogP contribution in [0.2, 0.25) is 0 Å². The number of aromatic nitrogens is 4. The van der Waals surface area contributed by atoms with Gasteiger partial charge in [0.25, 0.3) is 5.91 Å². The molecule has 0 aliphatic heterocycles. The van der Waals surface area contributed by atoms with Crippen LogP contribution < -0.4 is 5.32 Å². The van der Waals surface area contributed by atoms with Crippen molar-refractivity contribution in [2.75, 3.05) is 6.54 Å². The average molecular weight is 367 g/mol. The number of carbonyl (C=O) groups is 2. The molecule has 1 atom stereocenters. The van der Waals surface area contributed by atoms with Gasteiger partial charge >= 0.3 is 5.97 Å². The van der Waals surface area contributed by atoms with Crippen LogP contribution in [0.5, 0.6) is 0 Å². The number of nitrogens with one attached hydrogen (secondary N) is 1. The zero-order chi connectivity index (χ0) is 19.4. The van der Waals surface area contributed by atoms with Crippen LogP contribution in [0, 0.1) is 12.8 Å². The van der Waals surface area contributed by atoms with Crippen LogP contribution in [0.1, 0.15) is 35.9 Å². The molecule has 1 amide bonds. The van der Waals surface area contributed by atoms with Crippen LogP contribution >= 0.6 is 0 Å². The summed E-state index contributed by atoms with van der Waals surface area (Å²) in [6, 6.07) is 7.62. The van der Waals surface area contributed by atoms with Gasteiger partial charge < -0.3 is 10.4 Å². The van der Waals surface area contributed by atoms with Crippen molar-refractivity contribution < 1.29 is 14.7 Å². The zero-order valence-corrected chi connectivity index (χ0v) is 15.2. The number of hydrogen-bond acceptors (Lipinski definition) is 5. The molecule has 0 bridgehead atoms. The summed E-state index contributed by atoms with van der Waals surface area (Å²) in [5.74, 6) is -1.95. The number of carbonyl (C=O) groups excluding carboxylic acids is 1. The third kappa shape index (κ3) is 3.79. The smallest absolute Gasteiger partial charge is 0.308 e. The van der Waals surface area contributed by atoms with Crippen LogP contribution in [0.25, 0.3) is 16.5 Å². The summed E-state index contributed by atoms with van der Waals surface area (Å²) in [4.78, 5) is 27.8. The fraction of sp³-hybridized carbons (Fsp3) is 0.316. The van der Waals surface area contributed by atoms with Gasteiger partial charge in [-0.2, -0.15) is 0 Å². The first-order valence-corrected chi connectivity index (χ1v) is 8.79. The second kappa shape index (κ2) is 7.94. The molecule has 2 heterocycles. The summed E-state index contributed by atoms with van der Waals surface area (Å²) in [6.07, 6.45) is 4.70. The summed E-state index contributed by atoms with van der Waals surface area (Å²) in [7, 11) is 0. The van der Waals surface area contributed by atoms with Gasteiger partial charge in [0, 0.05) is 29.7 Å².